The van der Waals surface area contributed by atoms with Gasteiger partial charge in [0.25, 0.3) is 5.91 Å². The van der Waals surface area contributed by atoms with Crippen LogP contribution in [0.1, 0.15) is 23.1 Å². The van der Waals surface area contributed by atoms with Crippen LogP contribution in [0.5, 0.6) is 11.5 Å². The number of aryl methyl sites for hydroxylation is 2. The first-order chi connectivity index (χ1) is 12.2. The average molecular weight is 358 g/mol. The van der Waals surface area contributed by atoms with E-state index in [0.717, 1.165) is 23.5 Å². The van der Waals surface area contributed by atoms with E-state index in [4.69, 9.17) is 21.1 Å². The van der Waals surface area contributed by atoms with E-state index >= 15 is 0 Å². The van der Waals surface area contributed by atoms with Crippen molar-refractivity contribution in [3.05, 3.63) is 58.1 Å². The first-order valence-corrected chi connectivity index (χ1v) is 9.04. The fourth-order valence-electron chi connectivity index (χ4n) is 3.46. The molecular weight excluding hydrogens is 338 g/mol. The Balaban J connectivity index is 1.23. The Kier molecular flexibility index (Phi) is 4.53. The highest BCUT2D eigenvalue weighted by Crippen LogP contribution is 2.31. The van der Waals surface area contributed by atoms with Gasteiger partial charge in [-0.25, -0.2) is 0 Å². The summed E-state index contributed by atoms with van der Waals surface area (Å²) in [6, 6.07) is 11.7. The first-order valence-electron chi connectivity index (χ1n) is 8.66. The van der Waals surface area contributed by atoms with Crippen LogP contribution in [0.4, 0.5) is 0 Å². The number of carbonyl (C=O) groups excluding carboxylic acids is 1. The first kappa shape index (κ1) is 16.3. The van der Waals surface area contributed by atoms with Gasteiger partial charge in [0.15, 0.2) is 6.10 Å². The number of nitrogens with one attached hydrogen (secondary N) is 1. The van der Waals surface area contributed by atoms with Gasteiger partial charge in [-0.15, -0.1) is 0 Å². The van der Waals surface area contributed by atoms with Gasteiger partial charge in [0.1, 0.15) is 18.1 Å². The number of fused-ring (bicyclic) bond motifs is 2. The molecule has 0 aromatic heterocycles. The Morgan fingerprint density at radius 1 is 1.16 bits per heavy atom. The summed E-state index contributed by atoms with van der Waals surface area (Å²) in [7, 11) is 0. The van der Waals surface area contributed by atoms with E-state index in [0.29, 0.717) is 24.6 Å². The van der Waals surface area contributed by atoms with Crippen LogP contribution in [0, 0.1) is 0 Å². The van der Waals surface area contributed by atoms with E-state index in [1.165, 1.54) is 24.0 Å². The van der Waals surface area contributed by atoms with Gasteiger partial charge in [0.05, 0.1) is 6.54 Å². The molecule has 1 amide bonds. The van der Waals surface area contributed by atoms with Crippen molar-refractivity contribution >= 4 is 17.5 Å². The summed E-state index contributed by atoms with van der Waals surface area (Å²) < 4.78 is 11.4. The number of hydrogen-bond donors (Lipinski definition) is 1. The zero-order valence-electron chi connectivity index (χ0n) is 13.9. The molecule has 2 aromatic carbocycles. The lowest BCUT2D eigenvalue weighted by Gasteiger charge is -2.12. The summed E-state index contributed by atoms with van der Waals surface area (Å²) in [5.41, 5.74) is 3.79. The Morgan fingerprint density at radius 3 is 2.96 bits per heavy atom. The molecule has 0 spiro atoms. The topological polar surface area (TPSA) is 47.6 Å². The fourth-order valence-corrected chi connectivity index (χ4v) is 3.65. The highest BCUT2D eigenvalue weighted by atomic mass is 35.5. The summed E-state index contributed by atoms with van der Waals surface area (Å²) in [4.78, 5) is 12.2. The molecule has 0 bridgehead atoms. The minimum atomic E-state index is -0.492. The largest absolute Gasteiger partial charge is 0.492 e. The minimum Gasteiger partial charge on any atom is -0.492 e. The molecule has 1 aliphatic heterocycles. The highest BCUT2D eigenvalue weighted by Gasteiger charge is 2.28. The zero-order valence-corrected chi connectivity index (χ0v) is 14.6. The molecule has 5 heteroatoms. The predicted molar refractivity (Wildman–Crippen MR) is 96.5 cm³/mol. The molecule has 4 nitrogen and oxygen atoms in total. The smallest absolute Gasteiger partial charge is 0.261 e. The Bertz CT molecular complexity index is 806. The molecule has 2 aliphatic rings. The van der Waals surface area contributed by atoms with Crippen molar-refractivity contribution in [2.24, 2.45) is 0 Å². The lowest BCUT2D eigenvalue weighted by atomic mass is 10.1. The summed E-state index contributed by atoms with van der Waals surface area (Å²) >= 11 is 5.97. The molecule has 1 N–H and O–H groups in total. The molecule has 130 valence electrons. The maximum absolute atomic E-state index is 12.2. The van der Waals surface area contributed by atoms with Crippen LogP contribution in [0.25, 0.3) is 0 Å². The van der Waals surface area contributed by atoms with Crippen molar-refractivity contribution in [1.29, 1.82) is 0 Å². The monoisotopic (exact) mass is 357 g/mol. The zero-order chi connectivity index (χ0) is 17.2. The van der Waals surface area contributed by atoms with Crippen LogP contribution in [-0.2, 0) is 24.1 Å². The van der Waals surface area contributed by atoms with Gasteiger partial charge in [-0.1, -0.05) is 17.7 Å². The SMILES string of the molecule is O=C(NCCOc1ccc2c(c1)CCC2)[C@@H]1Cc2cc(Cl)ccc2O1. The fraction of sp³-hybridized carbons (Fsp3) is 0.350. The molecule has 0 fully saturated rings. The maximum atomic E-state index is 12.2. The van der Waals surface area contributed by atoms with Crippen molar-refractivity contribution in [3.8, 4) is 11.5 Å². The van der Waals surface area contributed by atoms with Crippen LogP contribution >= 0.6 is 11.6 Å². The Hall–Kier alpha value is -2.20. The van der Waals surface area contributed by atoms with E-state index in [1.54, 1.807) is 6.07 Å². The molecule has 2 aromatic rings. The van der Waals surface area contributed by atoms with Gasteiger partial charge in [-0.2, -0.15) is 0 Å². The molecule has 25 heavy (non-hydrogen) atoms. The third-order valence-electron chi connectivity index (χ3n) is 4.73. The maximum Gasteiger partial charge on any atom is 0.261 e. The van der Waals surface area contributed by atoms with Crippen molar-refractivity contribution < 1.29 is 14.3 Å². The second kappa shape index (κ2) is 6.96. The van der Waals surface area contributed by atoms with Crippen molar-refractivity contribution in [1.82, 2.24) is 5.32 Å². The van der Waals surface area contributed by atoms with Crippen LogP contribution < -0.4 is 14.8 Å². The Morgan fingerprint density at radius 2 is 2.04 bits per heavy atom. The van der Waals surface area contributed by atoms with Crippen LogP contribution in [0.2, 0.25) is 5.02 Å². The van der Waals surface area contributed by atoms with E-state index in [1.807, 2.05) is 18.2 Å². The highest BCUT2D eigenvalue weighted by molar-refractivity contribution is 6.30. The summed E-state index contributed by atoms with van der Waals surface area (Å²) in [5.74, 6) is 1.48. The van der Waals surface area contributed by atoms with Gasteiger partial charge in [0, 0.05) is 11.4 Å². The van der Waals surface area contributed by atoms with Gasteiger partial charge in [0.2, 0.25) is 0 Å². The van der Waals surface area contributed by atoms with E-state index in [2.05, 4.69) is 17.4 Å². The van der Waals surface area contributed by atoms with Gasteiger partial charge in [-0.05, 0) is 66.3 Å². The minimum absolute atomic E-state index is 0.120. The standard InChI is InChI=1S/C20H20ClNO3/c21-16-5-7-18-15(10-16)12-19(25-18)20(23)22-8-9-24-17-6-4-13-2-1-3-14(13)11-17/h4-7,10-11,19H,1-3,8-9,12H2,(H,22,23)/t19-/m0/s1. The van der Waals surface area contributed by atoms with Gasteiger partial charge in [-0.3, -0.25) is 4.79 Å². The molecule has 1 aliphatic carbocycles. The molecule has 0 saturated heterocycles. The second-order valence-corrected chi connectivity index (χ2v) is 6.92. The summed E-state index contributed by atoms with van der Waals surface area (Å²) in [6.07, 6.45) is 3.58. The molecule has 4 rings (SSSR count). The molecule has 0 saturated carbocycles. The number of ether oxygens (including phenoxy) is 2. The van der Waals surface area contributed by atoms with Gasteiger partial charge >= 0.3 is 0 Å². The summed E-state index contributed by atoms with van der Waals surface area (Å²) in [6.45, 7) is 0.892. The molecule has 1 heterocycles. The van der Waals surface area contributed by atoms with E-state index in [-0.39, 0.29) is 5.91 Å². The van der Waals surface area contributed by atoms with Crippen molar-refractivity contribution in [2.75, 3.05) is 13.2 Å². The number of hydrogen-bond acceptors (Lipinski definition) is 3. The second-order valence-electron chi connectivity index (χ2n) is 6.49. The number of carbonyl (C=O) groups is 1. The lowest BCUT2D eigenvalue weighted by Crippen LogP contribution is -2.39. The van der Waals surface area contributed by atoms with Crippen molar-refractivity contribution in [2.45, 2.75) is 31.8 Å². The third kappa shape index (κ3) is 3.59. The van der Waals surface area contributed by atoms with E-state index in [9.17, 15) is 4.79 Å². The van der Waals surface area contributed by atoms with Crippen LogP contribution in [-0.4, -0.2) is 25.2 Å². The number of halogens is 1. The normalized spacial score (nSPS) is 17.6. The Labute approximate surface area is 152 Å². The van der Waals surface area contributed by atoms with Crippen LogP contribution in [0.15, 0.2) is 36.4 Å². The third-order valence-corrected chi connectivity index (χ3v) is 4.96. The molecule has 0 unspecified atom stereocenters. The number of benzene rings is 2. The van der Waals surface area contributed by atoms with Gasteiger partial charge < -0.3 is 14.8 Å². The van der Waals surface area contributed by atoms with E-state index < -0.39 is 6.10 Å². The number of rotatable bonds is 5. The predicted octanol–water partition coefficient (Wildman–Crippen LogP) is 3.33. The lowest BCUT2D eigenvalue weighted by molar-refractivity contribution is -0.127. The average Bonchev–Trinajstić information content (AvgIpc) is 3.24. The van der Waals surface area contributed by atoms with Crippen LogP contribution in [0.3, 0.4) is 0 Å². The number of amides is 1. The molecule has 0 radical (unpaired) electrons. The molecule has 1 atom stereocenters. The summed E-state index contributed by atoms with van der Waals surface area (Å²) in [5, 5.41) is 3.53. The quantitative estimate of drug-likeness (QED) is 0.835. The van der Waals surface area contributed by atoms with Crippen molar-refractivity contribution in [3.63, 3.8) is 0 Å². The molecular formula is C20H20ClNO3.